The highest BCUT2D eigenvalue weighted by Gasteiger charge is 2.44. The molecule has 2 fully saturated rings. The van der Waals surface area contributed by atoms with Gasteiger partial charge in [0.15, 0.2) is 23.4 Å². The molecule has 0 bridgehead atoms. The zero-order chi connectivity index (χ0) is 24.3. The fourth-order valence-corrected chi connectivity index (χ4v) is 4.62. The summed E-state index contributed by atoms with van der Waals surface area (Å²) >= 11 is 0. The van der Waals surface area contributed by atoms with Crippen LogP contribution in [0.1, 0.15) is 37.7 Å². The van der Waals surface area contributed by atoms with Crippen LogP contribution in [0.2, 0.25) is 0 Å². The van der Waals surface area contributed by atoms with Crippen molar-refractivity contribution in [2.75, 3.05) is 38.5 Å². The molecular formula is C23H29F4N5O2. The minimum absolute atomic E-state index is 0.0214. The molecular weight excluding hydrogens is 454 g/mol. The zero-order valence-corrected chi connectivity index (χ0v) is 18.9. The molecule has 4 rings (SSSR count). The molecule has 34 heavy (non-hydrogen) atoms. The van der Waals surface area contributed by atoms with Crippen LogP contribution in [-0.4, -0.2) is 70.3 Å². The molecule has 186 valence electrons. The van der Waals surface area contributed by atoms with E-state index in [2.05, 4.69) is 14.9 Å². The molecule has 2 N–H and O–H groups in total. The molecule has 0 aromatic carbocycles. The third-order valence-electron chi connectivity index (χ3n) is 6.72. The van der Waals surface area contributed by atoms with Crippen molar-refractivity contribution < 1.29 is 27.1 Å². The molecule has 3 heterocycles. The number of nitrogens with zero attached hydrogens (tertiary/aromatic N) is 4. The van der Waals surface area contributed by atoms with Crippen LogP contribution in [0.5, 0.6) is 0 Å². The summed E-state index contributed by atoms with van der Waals surface area (Å²) in [5, 5.41) is 0. The van der Waals surface area contributed by atoms with E-state index in [0.717, 1.165) is 5.56 Å². The second-order valence-corrected chi connectivity index (χ2v) is 9.21. The van der Waals surface area contributed by atoms with Crippen molar-refractivity contribution in [2.45, 2.75) is 50.5 Å². The Morgan fingerprint density at radius 1 is 1.15 bits per heavy atom. The fraction of sp³-hybridized carbons (Fsp3) is 0.609. The predicted octanol–water partition coefficient (Wildman–Crippen LogP) is 3.39. The van der Waals surface area contributed by atoms with Crippen LogP contribution < -0.4 is 5.73 Å². The Morgan fingerprint density at radius 3 is 2.41 bits per heavy atom. The van der Waals surface area contributed by atoms with Gasteiger partial charge in [-0.05, 0) is 18.8 Å². The summed E-state index contributed by atoms with van der Waals surface area (Å²) in [5.74, 6) is -2.67. The SMILES string of the molecule is Nc1ncc(CN2CCC(F)(C(=O)N3CCC(COC4=C(F)C=C(F)CC4F)CC3)CC2)cn1. The van der Waals surface area contributed by atoms with Gasteiger partial charge < -0.3 is 15.4 Å². The third kappa shape index (κ3) is 5.68. The third-order valence-corrected chi connectivity index (χ3v) is 6.72. The van der Waals surface area contributed by atoms with Crippen LogP contribution in [-0.2, 0) is 16.1 Å². The number of carbonyl (C=O) groups is 1. The van der Waals surface area contributed by atoms with Crippen LogP contribution in [0.15, 0.2) is 35.9 Å². The van der Waals surface area contributed by atoms with E-state index >= 15 is 4.39 Å². The van der Waals surface area contributed by atoms with Gasteiger partial charge in [0.2, 0.25) is 5.95 Å². The smallest absolute Gasteiger partial charge is 0.260 e. The highest BCUT2D eigenvalue weighted by molar-refractivity contribution is 5.85. The molecule has 1 aromatic heterocycles. The van der Waals surface area contributed by atoms with Gasteiger partial charge in [-0.2, -0.15) is 0 Å². The van der Waals surface area contributed by atoms with E-state index in [0.29, 0.717) is 51.6 Å². The van der Waals surface area contributed by atoms with Gasteiger partial charge in [0.05, 0.1) is 6.61 Å². The lowest BCUT2D eigenvalue weighted by Crippen LogP contribution is -2.54. The van der Waals surface area contributed by atoms with Crippen LogP contribution in [0.3, 0.4) is 0 Å². The monoisotopic (exact) mass is 483 g/mol. The first-order valence-corrected chi connectivity index (χ1v) is 11.5. The fourth-order valence-electron chi connectivity index (χ4n) is 4.62. The van der Waals surface area contributed by atoms with E-state index < -0.39 is 41.6 Å². The summed E-state index contributed by atoms with van der Waals surface area (Å²) in [4.78, 5) is 24.4. The van der Waals surface area contributed by atoms with Crippen molar-refractivity contribution in [3.63, 3.8) is 0 Å². The standard InChI is InChI=1S/C23H29F4N5O2/c24-17-9-18(25)20(19(26)10-17)34-14-15-1-5-32(6-2-15)21(33)23(27)3-7-31(8-4-23)13-16-11-29-22(28)30-12-16/h9,11-12,15,19H,1-8,10,13-14H2,(H2,28,29,30). The quantitative estimate of drug-likeness (QED) is 0.625. The number of piperidine rings is 2. The summed E-state index contributed by atoms with van der Waals surface area (Å²) in [7, 11) is 0. The van der Waals surface area contributed by atoms with E-state index in [1.165, 1.54) is 4.90 Å². The number of carbonyl (C=O) groups excluding carboxylic acids is 1. The molecule has 2 saturated heterocycles. The van der Waals surface area contributed by atoms with Gasteiger partial charge in [-0.15, -0.1) is 0 Å². The van der Waals surface area contributed by atoms with Gasteiger partial charge in [0.25, 0.3) is 5.91 Å². The summed E-state index contributed by atoms with van der Waals surface area (Å²) in [6, 6.07) is 0. The molecule has 0 spiro atoms. The number of nitrogen functional groups attached to an aromatic ring is 1. The van der Waals surface area contributed by atoms with Crippen LogP contribution in [0.4, 0.5) is 23.5 Å². The highest BCUT2D eigenvalue weighted by atomic mass is 19.2. The number of alkyl halides is 2. The first-order valence-electron chi connectivity index (χ1n) is 11.5. The number of ether oxygens (including phenoxy) is 1. The topological polar surface area (TPSA) is 84.6 Å². The number of nitrogens with two attached hydrogens (primary N) is 1. The first-order chi connectivity index (χ1) is 16.2. The van der Waals surface area contributed by atoms with Crippen molar-refractivity contribution in [2.24, 2.45) is 5.92 Å². The Morgan fingerprint density at radius 2 is 1.79 bits per heavy atom. The molecule has 0 saturated carbocycles. The number of anilines is 1. The van der Waals surface area contributed by atoms with Gasteiger partial charge in [0.1, 0.15) is 5.83 Å². The number of allylic oxidation sites excluding steroid dienone is 4. The molecule has 2 aliphatic heterocycles. The molecule has 1 atom stereocenters. The van der Waals surface area contributed by atoms with Crippen molar-refractivity contribution >= 4 is 11.9 Å². The van der Waals surface area contributed by atoms with E-state index in [-0.39, 0.29) is 31.3 Å². The van der Waals surface area contributed by atoms with Gasteiger partial charge in [-0.25, -0.2) is 27.5 Å². The second kappa shape index (κ2) is 10.3. The average molecular weight is 484 g/mol. The Hall–Kier alpha value is -2.69. The molecule has 1 aliphatic carbocycles. The van der Waals surface area contributed by atoms with Gasteiger partial charge in [-0.3, -0.25) is 9.69 Å². The predicted molar refractivity (Wildman–Crippen MR) is 117 cm³/mol. The average Bonchev–Trinajstić information content (AvgIpc) is 2.81. The number of hydrogen-bond acceptors (Lipinski definition) is 6. The maximum absolute atomic E-state index is 15.5. The molecule has 1 amide bonds. The zero-order valence-electron chi connectivity index (χ0n) is 18.9. The summed E-state index contributed by atoms with van der Waals surface area (Å²) in [5.41, 5.74) is 4.47. The lowest BCUT2D eigenvalue weighted by Gasteiger charge is -2.40. The number of halogens is 4. The maximum Gasteiger partial charge on any atom is 0.260 e. The van der Waals surface area contributed by atoms with Gasteiger partial charge in [0, 0.05) is 76.0 Å². The maximum atomic E-state index is 15.5. The first kappa shape index (κ1) is 24.4. The highest BCUT2D eigenvalue weighted by Crippen LogP contribution is 2.33. The van der Waals surface area contributed by atoms with Crippen LogP contribution >= 0.6 is 0 Å². The summed E-state index contributed by atoms with van der Waals surface area (Å²) < 4.78 is 61.6. The molecule has 3 aliphatic rings. The minimum atomic E-state index is -1.90. The lowest BCUT2D eigenvalue weighted by atomic mass is 9.89. The lowest BCUT2D eigenvalue weighted by molar-refractivity contribution is -0.149. The molecule has 1 unspecified atom stereocenters. The van der Waals surface area contributed by atoms with Crippen LogP contribution in [0.25, 0.3) is 0 Å². The van der Waals surface area contributed by atoms with Crippen LogP contribution in [0, 0.1) is 5.92 Å². The number of rotatable bonds is 6. The summed E-state index contributed by atoms with van der Waals surface area (Å²) in [6.45, 7) is 2.24. The van der Waals surface area contributed by atoms with Crippen molar-refractivity contribution in [1.82, 2.24) is 19.8 Å². The van der Waals surface area contributed by atoms with Crippen molar-refractivity contribution in [1.29, 1.82) is 0 Å². The number of amides is 1. The van der Waals surface area contributed by atoms with E-state index in [1.807, 2.05) is 0 Å². The van der Waals surface area contributed by atoms with E-state index in [9.17, 15) is 18.0 Å². The number of likely N-dealkylation sites (tertiary alicyclic amines) is 2. The van der Waals surface area contributed by atoms with E-state index in [1.54, 1.807) is 12.4 Å². The molecule has 11 heteroatoms. The Balaban J connectivity index is 1.22. The Labute approximate surface area is 195 Å². The second-order valence-electron chi connectivity index (χ2n) is 9.21. The molecule has 7 nitrogen and oxygen atoms in total. The Kier molecular flexibility index (Phi) is 7.39. The Bertz CT molecular complexity index is 939. The van der Waals surface area contributed by atoms with Gasteiger partial charge >= 0.3 is 0 Å². The molecule has 1 aromatic rings. The summed E-state index contributed by atoms with van der Waals surface area (Å²) in [6.07, 6.45) is 2.86. The number of hydrogen-bond donors (Lipinski definition) is 1. The normalized spacial score (nSPS) is 24.2. The molecule has 0 radical (unpaired) electrons. The number of aromatic nitrogens is 2. The minimum Gasteiger partial charge on any atom is -0.491 e. The van der Waals surface area contributed by atoms with Gasteiger partial charge in [-0.1, -0.05) is 0 Å². The largest absolute Gasteiger partial charge is 0.491 e. The van der Waals surface area contributed by atoms with Crippen molar-refractivity contribution in [3.05, 3.63) is 41.4 Å². The van der Waals surface area contributed by atoms with E-state index in [4.69, 9.17) is 10.5 Å². The van der Waals surface area contributed by atoms with Crippen molar-refractivity contribution in [3.8, 4) is 0 Å².